The molecule has 1 saturated heterocycles. The number of hydrogen-bond donors (Lipinski definition) is 0. The van der Waals surface area contributed by atoms with Gasteiger partial charge in [0.25, 0.3) is 5.91 Å². The van der Waals surface area contributed by atoms with Crippen LogP contribution in [0, 0.1) is 0 Å². The molecular weight excluding hydrogens is 372 g/mol. The van der Waals surface area contributed by atoms with Crippen LogP contribution in [-0.4, -0.2) is 41.7 Å². The number of rotatable bonds is 6. The van der Waals surface area contributed by atoms with E-state index in [9.17, 15) is 19.2 Å². The van der Waals surface area contributed by atoms with Crippen molar-refractivity contribution < 1.29 is 23.9 Å². The lowest BCUT2D eigenvalue weighted by atomic mass is 10.2. The summed E-state index contributed by atoms with van der Waals surface area (Å²) in [5.74, 6) is -1.48. The Hall–Kier alpha value is -3.48. The Kier molecular flexibility index (Phi) is 6.07. The van der Waals surface area contributed by atoms with Gasteiger partial charge in [0.05, 0.1) is 11.3 Å². The summed E-state index contributed by atoms with van der Waals surface area (Å²) in [5, 5.41) is 0. The van der Waals surface area contributed by atoms with E-state index in [0.29, 0.717) is 12.2 Å². The number of imide groups is 1. The first kappa shape index (κ1) is 20.3. The van der Waals surface area contributed by atoms with Crippen LogP contribution in [-0.2, 0) is 25.7 Å². The summed E-state index contributed by atoms with van der Waals surface area (Å²) < 4.78 is 5.29. The smallest absolute Gasteiger partial charge is 0.338 e. The van der Waals surface area contributed by atoms with E-state index < -0.39 is 12.1 Å². The van der Waals surface area contributed by atoms with E-state index in [-0.39, 0.29) is 36.1 Å². The summed E-state index contributed by atoms with van der Waals surface area (Å²) in [7, 11) is 1.65. The molecule has 1 aliphatic heterocycles. The highest BCUT2D eigenvalue weighted by Gasteiger charge is 2.30. The van der Waals surface area contributed by atoms with Gasteiger partial charge >= 0.3 is 5.97 Å². The lowest BCUT2D eigenvalue weighted by Gasteiger charge is -2.21. The first-order valence-electron chi connectivity index (χ1n) is 9.32. The van der Waals surface area contributed by atoms with Crippen molar-refractivity contribution in [2.24, 2.45) is 0 Å². The van der Waals surface area contributed by atoms with Crippen molar-refractivity contribution in [1.82, 2.24) is 4.90 Å². The lowest BCUT2D eigenvalue weighted by Crippen LogP contribution is -2.37. The van der Waals surface area contributed by atoms with Crippen LogP contribution in [0.5, 0.6) is 0 Å². The van der Waals surface area contributed by atoms with Crippen LogP contribution in [0.4, 0.5) is 5.69 Å². The van der Waals surface area contributed by atoms with E-state index in [4.69, 9.17) is 4.74 Å². The Balaban J connectivity index is 1.59. The normalized spacial score (nSPS) is 14.6. The van der Waals surface area contributed by atoms with Crippen LogP contribution >= 0.6 is 0 Å². The van der Waals surface area contributed by atoms with Gasteiger partial charge in [-0.15, -0.1) is 0 Å². The van der Waals surface area contributed by atoms with Gasteiger partial charge < -0.3 is 9.64 Å². The second-order valence-electron chi connectivity index (χ2n) is 6.90. The quantitative estimate of drug-likeness (QED) is 0.555. The molecule has 0 radical (unpaired) electrons. The van der Waals surface area contributed by atoms with Crippen molar-refractivity contribution in [2.75, 3.05) is 11.9 Å². The zero-order valence-corrected chi connectivity index (χ0v) is 16.3. The van der Waals surface area contributed by atoms with Gasteiger partial charge in [-0.3, -0.25) is 19.3 Å². The molecule has 0 N–H and O–H groups in total. The molecule has 1 fully saturated rings. The number of benzene rings is 2. The maximum atomic E-state index is 12.5. The fourth-order valence-electron chi connectivity index (χ4n) is 3.14. The predicted octanol–water partition coefficient (Wildman–Crippen LogP) is 2.54. The third kappa shape index (κ3) is 4.68. The SMILES string of the molecule is C[C@@H](OC(=O)c1ccc(N2C(=O)CCC2=O)cc1)C(=O)N(C)Cc1ccccc1. The summed E-state index contributed by atoms with van der Waals surface area (Å²) in [6.07, 6.45) is -0.560. The lowest BCUT2D eigenvalue weighted by molar-refractivity contribution is -0.139. The third-order valence-electron chi connectivity index (χ3n) is 4.68. The topological polar surface area (TPSA) is 84.0 Å². The Morgan fingerprint density at radius 2 is 1.59 bits per heavy atom. The summed E-state index contributed by atoms with van der Waals surface area (Å²) >= 11 is 0. The van der Waals surface area contributed by atoms with Gasteiger partial charge in [-0.05, 0) is 36.8 Å². The van der Waals surface area contributed by atoms with Crippen LogP contribution in [0.25, 0.3) is 0 Å². The molecule has 7 heteroatoms. The first-order valence-corrected chi connectivity index (χ1v) is 9.32. The van der Waals surface area contributed by atoms with Crippen LogP contribution < -0.4 is 4.90 Å². The van der Waals surface area contributed by atoms with Gasteiger partial charge in [0, 0.05) is 26.4 Å². The van der Waals surface area contributed by atoms with E-state index in [1.165, 1.54) is 36.1 Å². The predicted molar refractivity (Wildman–Crippen MR) is 106 cm³/mol. The summed E-state index contributed by atoms with van der Waals surface area (Å²) in [6.45, 7) is 1.94. The molecule has 3 amide bonds. The van der Waals surface area contributed by atoms with Gasteiger partial charge in [0.1, 0.15) is 0 Å². The molecule has 0 aromatic heterocycles. The molecule has 1 heterocycles. The van der Waals surface area contributed by atoms with Crippen LogP contribution in [0.3, 0.4) is 0 Å². The minimum Gasteiger partial charge on any atom is -0.449 e. The molecule has 2 aromatic rings. The largest absolute Gasteiger partial charge is 0.449 e. The van der Waals surface area contributed by atoms with Crippen molar-refractivity contribution in [3.63, 3.8) is 0 Å². The first-order chi connectivity index (χ1) is 13.9. The highest BCUT2D eigenvalue weighted by atomic mass is 16.5. The van der Waals surface area contributed by atoms with E-state index in [0.717, 1.165) is 10.5 Å². The zero-order valence-electron chi connectivity index (χ0n) is 16.3. The molecule has 0 aliphatic carbocycles. The number of esters is 1. The summed E-state index contributed by atoms with van der Waals surface area (Å²) in [5.41, 5.74) is 1.63. The molecule has 7 nitrogen and oxygen atoms in total. The molecule has 2 aromatic carbocycles. The number of anilines is 1. The Morgan fingerprint density at radius 3 is 2.17 bits per heavy atom. The number of likely N-dealkylation sites (N-methyl/N-ethyl adjacent to an activating group) is 1. The number of carbonyl (C=O) groups excluding carboxylic acids is 4. The van der Waals surface area contributed by atoms with Crippen molar-refractivity contribution in [1.29, 1.82) is 0 Å². The fraction of sp³-hybridized carbons (Fsp3) is 0.273. The highest BCUT2D eigenvalue weighted by molar-refractivity contribution is 6.19. The number of carbonyl (C=O) groups is 4. The molecule has 150 valence electrons. The van der Waals surface area contributed by atoms with Crippen molar-refractivity contribution in [2.45, 2.75) is 32.4 Å². The van der Waals surface area contributed by atoms with Gasteiger partial charge in [-0.25, -0.2) is 4.79 Å². The average Bonchev–Trinajstić information content (AvgIpc) is 3.06. The molecule has 3 rings (SSSR count). The van der Waals surface area contributed by atoms with Crippen molar-refractivity contribution >= 4 is 29.4 Å². The molecule has 0 bridgehead atoms. The average molecular weight is 394 g/mol. The maximum Gasteiger partial charge on any atom is 0.338 e. The zero-order chi connectivity index (χ0) is 21.0. The standard InChI is InChI=1S/C22H22N2O5/c1-15(21(27)23(2)14-16-6-4-3-5-7-16)29-22(28)17-8-10-18(11-9-17)24-19(25)12-13-20(24)26/h3-11,15H,12-14H2,1-2H3/t15-/m1/s1. The second-order valence-corrected chi connectivity index (χ2v) is 6.90. The third-order valence-corrected chi connectivity index (χ3v) is 4.68. The van der Waals surface area contributed by atoms with Gasteiger partial charge in [0.15, 0.2) is 6.10 Å². The van der Waals surface area contributed by atoms with Crippen molar-refractivity contribution in [3.05, 3.63) is 65.7 Å². The van der Waals surface area contributed by atoms with E-state index in [1.807, 2.05) is 30.3 Å². The van der Waals surface area contributed by atoms with Crippen molar-refractivity contribution in [3.8, 4) is 0 Å². The van der Waals surface area contributed by atoms with Gasteiger partial charge in [0.2, 0.25) is 11.8 Å². The maximum absolute atomic E-state index is 12.5. The van der Waals surface area contributed by atoms with Gasteiger partial charge in [-0.2, -0.15) is 0 Å². The second kappa shape index (κ2) is 8.68. The molecule has 29 heavy (non-hydrogen) atoms. The Bertz CT molecular complexity index is 908. The minimum absolute atomic E-state index is 0.193. The number of amides is 3. The van der Waals surface area contributed by atoms with Crippen LogP contribution in [0.1, 0.15) is 35.7 Å². The molecular formula is C22H22N2O5. The molecule has 1 aliphatic rings. The Morgan fingerprint density at radius 1 is 1.00 bits per heavy atom. The number of nitrogens with zero attached hydrogens (tertiary/aromatic N) is 2. The number of ether oxygens (including phenoxy) is 1. The van der Waals surface area contributed by atoms with Gasteiger partial charge in [-0.1, -0.05) is 30.3 Å². The summed E-state index contributed by atoms with van der Waals surface area (Å²) in [4.78, 5) is 51.0. The minimum atomic E-state index is -0.947. The van der Waals surface area contributed by atoms with E-state index in [2.05, 4.69) is 0 Å². The highest BCUT2D eigenvalue weighted by Crippen LogP contribution is 2.23. The Labute approximate surface area is 168 Å². The molecule has 0 spiro atoms. The monoisotopic (exact) mass is 394 g/mol. The number of hydrogen-bond acceptors (Lipinski definition) is 5. The molecule has 1 atom stereocenters. The van der Waals surface area contributed by atoms with Crippen LogP contribution in [0.15, 0.2) is 54.6 Å². The van der Waals surface area contributed by atoms with E-state index in [1.54, 1.807) is 7.05 Å². The fourth-order valence-corrected chi connectivity index (χ4v) is 3.14. The molecule has 0 saturated carbocycles. The van der Waals surface area contributed by atoms with Crippen LogP contribution in [0.2, 0.25) is 0 Å². The van der Waals surface area contributed by atoms with E-state index >= 15 is 0 Å². The molecule has 0 unspecified atom stereocenters. The summed E-state index contributed by atoms with van der Waals surface area (Å²) in [6, 6.07) is 15.5.